The minimum Gasteiger partial charge on any atom is -0.491 e. The zero-order valence-electron chi connectivity index (χ0n) is 30.3. The smallest absolute Gasteiger partial charge is 0.226 e. The van der Waals surface area contributed by atoms with Gasteiger partial charge in [0.1, 0.15) is 39.0 Å². The summed E-state index contributed by atoms with van der Waals surface area (Å²) in [6.07, 6.45) is 9.97. The average Bonchev–Trinajstić information content (AvgIpc) is 3.89. The van der Waals surface area contributed by atoms with Gasteiger partial charge in [-0.3, -0.25) is 14.6 Å². The van der Waals surface area contributed by atoms with E-state index in [1.807, 2.05) is 6.21 Å². The molecule has 2 amide bonds. The van der Waals surface area contributed by atoms with Gasteiger partial charge in [-0.25, -0.2) is 19.9 Å². The van der Waals surface area contributed by atoms with E-state index in [4.69, 9.17) is 16.3 Å². The number of aliphatic hydroxyl groups excluding tert-OH is 2. The molecule has 2 aliphatic carbocycles. The Morgan fingerprint density at radius 1 is 0.873 bits per heavy atom. The molecule has 0 bridgehead atoms. The van der Waals surface area contributed by atoms with Gasteiger partial charge in [0.05, 0.1) is 41.8 Å². The second-order valence-corrected chi connectivity index (χ2v) is 17.4. The van der Waals surface area contributed by atoms with Gasteiger partial charge in [-0.05, 0) is 79.3 Å². The fourth-order valence-corrected chi connectivity index (χ4v) is 11.0. The van der Waals surface area contributed by atoms with Gasteiger partial charge in [0.2, 0.25) is 11.8 Å². The highest BCUT2D eigenvalue weighted by molar-refractivity contribution is 7.19. The number of hydrogen-bond donors (Lipinski definition) is 3. The largest absolute Gasteiger partial charge is 0.491 e. The van der Waals surface area contributed by atoms with Crippen molar-refractivity contribution in [2.45, 2.75) is 70.6 Å². The number of nitrogens with one attached hydrogen (secondary N) is 1. The number of carbonyl (C=O) groups is 2. The monoisotopic (exact) mass is 800 g/mol. The average molecular weight is 801 g/mol. The third kappa shape index (κ3) is 6.94. The maximum Gasteiger partial charge on any atom is 0.226 e. The summed E-state index contributed by atoms with van der Waals surface area (Å²) in [6.45, 7) is 5.30. The van der Waals surface area contributed by atoms with E-state index in [0.717, 1.165) is 88.2 Å². The number of aromatic nitrogens is 4. The number of ether oxygens (including phenoxy) is 1. The lowest BCUT2D eigenvalue weighted by atomic mass is 9.86. The summed E-state index contributed by atoms with van der Waals surface area (Å²) in [6, 6.07) is 4.16. The first-order chi connectivity index (χ1) is 26.7. The molecule has 10 rings (SSSR count). The lowest BCUT2D eigenvalue weighted by Crippen LogP contribution is -2.55. The second-order valence-electron chi connectivity index (χ2n) is 14.9. The van der Waals surface area contributed by atoms with Crippen LogP contribution in [0.1, 0.15) is 58.2 Å². The number of rotatable bonds is 7. The molecular weight excluding hydrogens is 760 g/mol. The van der Waals surface area contributed by atoms with Crippen molar-refractivity contribution in [2.75, 3.05) is 38.1 Å². The van der Waals surface area contributed by atoms with Gasteiger partial charge in [-0.15, -0.1) is 22.7 Å². The number of amides is 2. The summed E-state index contributed by atoms with van der Waals surface area (Å²) in [5.74, 6) is 1.90. The Labute approximate surface area is 330 Å². The number of aliphatic hydroxyl groups is 2. The van der Waals surface area contributed by atoms with Gasteiger partial charge in [-0.2, -0.15) is 0 Å². The van der Waals surface area contributed by atoms with Gasteiger partial charge in [0, 0.05) is 54.0 Å². The van der Waals surface area contributed by atoms with Crippen LogP contribution in [0.5, 0.6) is 5.75 Å². The zero-order valence-corrected chi connectivity index (χ0v) is 32.7. The number of halogens is 1. The first-order valence-corrected chi connectivity index (χ1v) is 20.9. The summed E-state index contributed by atoms with van der Waals surface area (Å²) in [5.41, 5.74) is 5.60. The predicted molar refractivity (Wildman–Crippen MR) is 213 cm³/mol. The number of carbonyl (C=O) groups excluding carboxylic acids is 2. The topological polar surface area (TPSA) is 166 Å². The molecule has 5 aliphatic rings. The number of anilines is 2. The Hall–Kier alpha value is -4.28. The standard InChI is InChI=1S/C25H27N5O3S.C14H14ClN3O2S/c1-2-5-33-20-7-16-10-26-9-15(16)6-19(20)29-23-22-18-4-3-14(25(32)30-11-17(31)12-30)8-21(18)34-24(22)28-13-27-23;15-12-11-9-2-1-7(14(20)18-4-8(19)5-18)3-10(9)21-13(11)17-6-16-12/h6-7,9,13-14,17,31H,2-5,8,10-12H2,1H3,(H,27,28,29);6-8,19H,1-5H2/t14-;7-/m00/s1. The van der Waals surface area contributed by atoms with E-state index in [9.17, 15) is 19.8 Å². The SMILES string of the molecule is CCCOc1cc2c(cc1Nc1ncnc3sc4c(c13)CC[C@H](C(=O)N1CC(O)C1)C4)C=NC2.O=C([C@H]1CCc2c(sc3ncnc(Cl)c23)C1)N1CC(O)C1. The van der Waals surface area contributed by atoms with Crippen LogP contribution in [0, 0.1) is 11.8 Å². The summed E-state index contributed by atoms with van der Waals surface area (Å²) in [5, 5.41) is 24.9. The van der Waals surface area contributed by atoms with Crippen molar-refractivity contribution >= 4 is 84.2 Å². The highest BCUT2D eigenvalue weighted by atomic mass is 35.5. The lowest BCUT2D eigenvalue weighted by Gasteiger charge is -2.38. The van der Waals surface area contributed by atoms with Crippen molar-refractivity contribution in [2.24, 2.45) is 16.8 Å². The number of benzene rings is 1. The van der Waals surface area contributed by atoms with Gasteiger partial charge in [0.25, 0.3) is 0 Å². The number of β-amino-alcohol motifs (C(OH)–C–C–N with tert-alkyl or cyclic N) is 2. The van der Waals surface area contributed by atoms with E-state index in [1.165, 1.54) is 32.8 Å². The molecule has 2 atom stereocenters. The summed E-state index contributed by atoms with van der Waals surface area (Å²) in [7, 11) is 0. The minimum atomic E-state index is -0.368. The number of nitrogens with zero attached hydrogens (tertiary/aromatic N) is 7. The van der Waals surface area contributed by atoms with E-state index < -0.39 is 0 Å². The Balaban J connectivity index is 0.000000161. The van der Waals surface area contributed by atoms with Crippen LogP contribution in [0.25, 0.3) is 20.4 Å². The van der Waals surface area contributed by atoms with E-state index in [1.54, 1.807) is 38.8 Å². The Morgan fingerprint density at radius 2 is 1.47 bits per heavy atom. The van der Waals surface area contributed by atoms with E-state index in [-0.39, 0.29) is 35.9 Å². The number of likely N-dealkylation sites (tertiary alicyclic amines) is 2. The molecule has 0 unspecified atom stereocenters. The lowest BCUT2D eigenvalue weighted by molar-refractivity contribution is -0.146. The van der Waals surface area contributed by atoms with Gasteiger partial charge < -0.3 is 30.1 Å². The molecule has 2 saturated heterocycles. The maximum absolute atomic E-state index is 12.8. The number of aliphatic imine (C=N–C) groups is 1. The van der Waals surface area contributed by atoms with Crippen LogP contribution in [0.4, 0.5) is 11.5 Å². The van der Waals surface area contributed by atoms with E-state index in [0.29, 0.717) is 44.5 Å². The molecule has 1 aromatic carbocycles. The molecule has 2 fully saturated rings. The van der Waals surface area contributed by atoms with Crippen LogP contribution in [0.2, 0.25) is 5.15 Å². The minimum absolute atomic E-state index is 0.0183. The molecule has 0 saturated carbocycles. The molecule has 3 N–H and O–H groups in total. The van der Waals surface area contributed by atoms with Crippen LogP contribution in [0.3, 0.4) is 0 Å². The highest BCUT2D eigenvalue weighted by Gasteiger charge is 2.37. The Bertz CT molecular complexity index is 2340. The van der Waals surface area contributed by atoms with Crippen LogP contribution in [0.15, 0.2) is 29.8 Å². The molecule has 3 aliphatic heterocycles. The van der Waals surface area contributed by atoms with Gasteiger partial charge in [-0.1, -0.05) is 18.5 Å². The van der Waals surface area contributed by atoms with Crippen LogP contribution < -0.4 is 10.1 Å². The number of aryl methyl sites for hydroxylation is 2. The fraction of sp³-hybridized carbons (Fsp3) is 0.462. The molecule has 13 nitrogen and oxygen atoms in total. The first-order valence-electron chi connectivity index (χ1n) is 18.9. The third-order valence-electron chi connectivity index (χ3n) is 11.1. The third-order valence-corrected chi connectivity index (χ3v) is 13.8. The Morgan fingerprint density at radius 3 is 2.09 bits per heavy atom. The quantitative estimate of drug-likeness (QED) is 0.188. The summed E-state index contributed by atoms with van der Waals surface area (Å²) in [4.78, 5) is 54.9. The van der Waals surface area contributed by atoms with Crippen molar-refractivity contribution in [1.82, 2.24) is 29.7 Å². The van der Waals surface area contributed by atoms with Gasteiger partial charge in [0.15, 0.2) is 0 Å². The molecule has 16 heteroatoms. The van der Waals surface area contributed by atoms with E-state index >= 15 is 0 Å². The zero-order chi connectivity index (χ0) is 37.8. The molecule has 4 aromatic heterocycles. The number of thiophene rings is 2. The molecule has 286 valence electrons. The fourth-order valence-electron chi connectivity index (χ4n) is 8.18. The van der Waals surface area contributed by atoms with Crippen molar-refractivity contribution < 1.29 is 24.5 Å². The van der Waals surface area contributed by atoms with Crippen LogP contribution >= 0.6 is 34.3 Å². The molecule has 0 radical (unpaired) electrons. The summed E-state index contributed by atoms with van der Waals surface area (Å²) < 4.78 is 6.06. The normalized spacial score (nSPS) is 20.3. The summed E-state index contributed by atoms with van der Waals surface area (Å²) >= 11 is 9.46. The molecule has 55 heavy (non-hydrogen) atoms. The highest BCUT2D eigenvalue weighted by Crippen LogP contribution is 2.43. The maximum atomic E-state index is 12.8. The van der Waals surface area contributed by atoms with Crippen LogP contribution in [-0.4, -0.2) is 103 Å². The molecule has 5 aromatic rings. The predicted octanol–water partition coefficient (Wildman–Crippen LogP) is 5.12. The molecule has 7 heterocycles. The van der Waals surface area contributed by atoms with Crippen LogP contribution in [-0.2, 0) is 41.8 Å². The van der Waals surface area contributed by atoms with E-state index in [2.05, 4.69) is 49.3 Å². The number of fused-ring (bicyclic) bond motifs is 7. The molecule has 0 spiro atoms. The van der Waals surface area contributed by atoms with Crippen molar-refractivity contribution in [3.8, 4) is 5.75 Å². The van der Waals surface area contributed by atoms with Crippen molar-refractivity contribution in [3.05, 3.63) is 61.9 Å². The first kappa shape index (κ1) is 36.4. The Kier molecular flexibility index (Phi) is 9.91. The molecular formula is C39H41ClN8O5S2. The van der Waals surface area contributed by atoms with Gasteiger partial charge >= 0.3 is 0 Å². The number of hydrogen-bond acceptors (Lipinski definition) is 13. The van der Waals surface area contributed by atoms with Crippen molar-refractivity contribution in [1.29, 1.82) is 0 Å². The van der Waals surface area contributed by atoms with Crippen molar-refractivity contribution in [3.63, 3.8) is 0 Å². The second kappa shape index (κ2) is 15.0.